The Morgan fingerprint density at radius 1 is 1.18 bits per heavy atom. The Bertz CT molecular complexity index is 1470. The summed E-state index contributed by atoms with van der Waals surface area (Å²) in [5.41, 5.74) is 2.05. The number of aliphatic hydroxyl groups excluding tert-OH is 2. The Morgan fingerprint density at radius 2 is 1.89 bits per heavy atom. The molecule has 3 aliphatic carbocycles. The van der Waals surface area contributed by atoms with E-state index in [0.717, 1.165) is 0 Å². The highest BCUT2D eigenvalue weighted by molar-refractivity contribution is 6.24. The van der Waals surface area contributed by atoms with Crippen LogP contribution in [0.15, 0.2) is 45.8 Å². The first-order valence-electron chi connectivity index (χ1n) is 11.8. The SMILES string of the molecule is CN(C)[C@@H]1C(=O)C(C(N)=O)=C(O)[C@@]2(O)C(=O)C3=C(O)c4c(ccc(CC(=O)c5ccno5)c4O)C[C@H]3C[C@@H]12. The van der Waals surface area contributed by atoms with Gasteiger partial charge in [0.15, 0.2) is 11.4 Å². The number of aliphatic hydroxyl groups is 3. The van der Waals surface area contributed by atoms with Gasteiger partial charge < -0.3 is 30.7 Å². The molecule has 0 bridgehead atoms. The molecule has 1 aromatic heterocycles. The number of aromatic hydroxyl groups is 1. The van der Waals surface area contributed by atoms with Crippen molar-refractivity contribution in [1.29, 1.82) is 0 Å². The van der Waals surface area contributed by atoms with Crippen LogP contribution in [0.25, 0.3) is 5.76 Å². The Balaban J connectivity index is 1.63. The molecule has 0 unspecified atom stereocenters. The van der Waals surface area contributed by atoms with Crippen molar-refractivity contribution < 1.29 is 44.1 Å². The summed E-state index contributed by atoms with van der Waals surface area (Å²) in [5.74, 6) is -7.70. The van der Waals surface area contributed by atoms with Gasteiger partial charge in [-0.25, -0.2) is 0 Å². The number of aromatic nitrogens is 1. The number of phenolic OH excluding ortho intramolecular Hbond substituents is 1. The number of carbonyl (C=O) groups is 4. The van der Waals surface area contributed by atoms with Crippen molar-refractivity contribution >= 4 is 29.0 Å². The predicted molar refractivity (Wildman–Crippen MR) is 129 cm³/mol. The first-order chi connectivity index (χ1) is 17.9. The molecule has 1 heterocycles. The number of ketones is 3. The van der Waals surface area contributed by atoms with E-state index >= 15 is 0 Å². The lowest BCUT2D eigenvalue weighted by Gasteiger charge is -2.50. The highest BCUT2D eigenvalue weighted by atomic mass is 16.5. The number of hydrogen-bond donors (Lipinski definition) is 5. The van der Waals surface area contributed by atoms with Crippen LogP contribution >= 0.6 is 0 Å². The number of phenols is 1. The van der Waals surface area contributed by atoms with Gasteiger partial charge in [0.1, 0.15) is 22.8 Å². The first kappa shape index (κ1) is 25.4. The van der Waals surface area contributed by atoms with Gasteiger partial charge in [-0.2, -0.15) is 0 Å². The lowest BCUT2D eigenvalue weighted by molar-refractivity contribution is -0.153. The molecule has 12 heteroatoms. The maximum Gasteiger partial charge on any atom is 0.255 e. The second-order valence-electron chi connectivity index (χ2n) is 10.0. The van der Waals surface area contributed by atoms with Gasteiger partial charge in [0, 0.05) is 29.5 Å². The number of carbonyl (C=O) groups excluding carboxylic acids is 4. The van der Waals surface area contributed by atoms with Crippen LogP contribution in [0.4, 0.5) is 0 Å². The van der Waals surface area contributed by atoms with Crippen molar-refractivity contribution in [3.8, 4) is 5.75 Å². The number of rotatable bonds is 5. The van der Waals surface area contributed by atoms with E-state index in [4.69, 9.17) is 10.3 Å². The zero-order valence-corrected chi connectivity index (χ0v) is 20.5. The molecule has 38 heavy (non-hydrogen) atoms. The fourth-order valence-electron chi connectivity index (χ4n) is 6.02. The van der Waals surface area contributed by atoms with Gasteiger partial charge in [-0.3, -0.25) is 24.1 Å². The Hall–Kier alpha value is -4.29. The van der Waals surface area contributed by atoms with Crippen LogP contribution in [0.5, 0.6) is 5.75 Å². The van der Waals surface area contributed by atoms with Crippen LogP contribution in [-0.2, 0) is 27.2 Å². The largest absolute Gasteiger partial charge is 0.508 e. The van der Waals surface area contributed by atoms with Crippen molar-refractivity contribution in [3.63, 3.8) is 0 Å². The molecule has 0 spiro atoms. The van der Waals surface area contributed by atoms with E-state index in [0.29, 0.717) is 5.56 Å². The third-order valence-corrected chi connectivity index (χ3v) is 7.74. The van der Waals surface area contributed by atoms with Gasteiger partial charge in [-0.15, -0.1) is 0 Å². The molecule has 0 radical (unpaired) electrons. The van der Waals surface area contributed by atoms with Gasteiger partial charge in [0.05, 0.1) is 17.8 Å². The monoisotopic (exact) mass is 523 g/mol. The van der Waals surface area contributed by atoms with Gasteiger partial charge in [0.25, 0.3) is 5.91 Å². The number of nitrogens with zero attached hydrogens (tertiary/aromatic N) is 2. The molecule has 4 atom stereocenters. The maximum absolute atomic E-state index is 13.8. The minimum absolute atomic E-state index is 0.00173. The van der Waals surface area contributed by atoms with Gasteiger partial charge in [0.2, 0.25) is 17.3 Å². The Kier molecular flexibility index (Phi) is 5.76. The second kappa shape index (κ2) is 8.64. The summed E-state index contributed by atoms with van der Waals surface area (Å²) in [7, 11) is 3.07. The van der Waals surface area contributed by atoms with Crippen LogP contribution in [0.1, 0.15) is 33.7 Å². The summed E-state index contributed by atoms with van der Waals surface area (Å²) in [6.45, 7) is 0. The number of Topliss-reactive ketones (excluding diaryl/α,β-unsaturated/α-hetero) is 3. The molecular formula is C26H25N3O9. The third kappa shape index (κ3) is 3.41. The average molecular weight is 523 g/mol. The second-order valence-corrected chi connectivity index (χ2v) is 10.0. The van der Waals surface area contributed by atoms with E-state index < -0.39 is 69.6 Å². The zero-order chi connectivity index (χ0) is 27.7. The number of fused-ring (bicyclic) bond motifs is 3. The summed E-state index contributed by atoms with van der Waals surface area (Å²) in [5, 5.41) is 48.2. The van der Waals surface area contributed by atoms with E-state index in [-0.39, 0.29) is 41.7 Å². The highest BCUT2D eigenvalue weighted by Gasteiger charge is 2.64. The van der Waals surface area contributed by atoms with Crippen molar-refractivity contribution in [2.75, 3.05) is 14.1 Å². The van der Waals surface area contributed by atoms with E-state index in [1.807, 2.05) is 0 Å². The molecule has 1 aromatic carbocycles. The smallest absolute Gasteiger partial charge is 0.255 e. The lowest BCUT2D eigenvalue weighted by atomic mass is 9.57. The van der Waals surface area contributed by atoms with Gasteiger partial charge >= 0.3 is 0 Å². The molecule has 1 saturated carbocycles. The molecule has 1 fully saturated rings. The number of likely N-dealkylation sites (N-methyl/N-ethyl adjacent to an activating group) is 1. The standard InChI is InChI=1S/C26H25N3O9/c1-29(2)19-13-8-12-7-10-3-4-11(9-14(30)15-5-6-28-38-15)20(31)16(10)21(32)17(12)23(34)26(13,37)24(35)18(22(19)33)25(27)36/h3-6,12-13,19,31-32,35,37H,7-9H2,1-2H3,(H2,27,36)/t12-,13-,19-,26-/m0/s1. The van der Waals surface area contributed by atoms with Crippen LogP contribution in [0.3, 0.4) is 0 Å². The molecule has 1 amide bonds. The topological polar surface area (TPSA) is 204 Å². The molecular weight excluding hydrogens is 498 g/mol. The van der Waals surface area contributed by atoms with Crippen molar-refractivity contribution in [2.45, 2.75) is 30.9 Å². The minimum Gasteiger partial charge on any atom is -0.508 e. The molecule has 5 rings (SSSR count). The van der Waals surface area contributed by atoms with Crippen LogP contribution in [0.2, 0.25) is 0 Å². The van der Waals surface area contributed by atoms with Gasteiger partial charge in [-0.1, -0.05) is 17.3 Å². The highest BCUT2D eigenvalue weighted by Crippen LogP contribution is 2.52. The van der Waals surface area contributed by atoms with Gasteiger partial charge in [-0.05, 0) is 38.4 Å². The molecule has 0 saturated heterocycles. The van der Waals surface area contributed by atoms with Crippen LogP contribution < -0.4 is 5.73 Å². The summed E-state index contributed by atoms with van der Waals surface area (Å²) in [6, 6.07) is 3.37. The summed E-state index contributed by atoms with van der Waals surface area (Å²) in [6.07, 6.45) is 1.19. The lowest BCUT2D eigenvalue weighted by Crippen LogP contribution is -2.65. The minimum atomic E-state index is -2.71. The molecule has 6 N–H and O–H groups in total. The Morgan fingerprint density at radius 3 is 2.50 bits per heavy atom. The maximum atomic E-state index is 13.8. The third-order valence-electron chi connectivity index (χ3n) is 7.74. The normalized spacial score (nSPS) is 26.8. The van der Waals surface area contributed by atoms with Crippen molar-refractivity contribution in [2.24, 2.45) is 17.6 Å². The quantitative estimate of drug-likeness (QED) is 0.267. The predicted octanol–water partition coefficient (Wildman–Crippen LogP) is 0.377. The van der Waals surface area contributed by atoms with E-state index in [1.165, 1.54) is 37.3 Å². The number of nitrogens with two attached hydrogens (primary N) is 1. The average Bonchev–Trinajstić information content (AvgIpc) is 3.38. The number of amides is 1. The summed E-state index contributed by atoms with van der Waals surface area (Å²) >= 11 is 0. The van der Waals surface area contributed by atoms with E-state index in [9.17, 15) is 39.6 Å². The molecule has 12 nitrogen and oxygen atoms in total. The molecule has 3 aliphatic rings. The van der Waals surface area contributed by atoms with E-state index in [2.05, 4.69) is 5.16 Å². The van der Waals surface area contributed by atoms with Crippen molar-refractivity contribution in [1.82, 2.24) is 10.1 Å². The van der Waals surface area contributed by atoms with Crippen LogP contribution in [-0.4, -0.2) is 79.5 Å². The number of benzene rings is 1. The fourth-order valence-corrected chi connectivity index (χ4v) is 6.02. The molecule has 198 valence electrons. The Labute approximate surface area is 215 Å². The fraction of sp³-hybridized carbons (Fsp3) is 0.346. The summed E-state index contributed by atoms with van der Waals surface area (Å²) in [4.78, 5) is 52.9. The number of primary amides is 1. The summed E-state index contributed by atoms with van der Waals surface area (Å²) < 4.78 is 4.86. The number of hydrogen-bond acceptors (Lipinski definition) is 11. The van der Waals surface area contributed by atoms with Crippen molar-refractivity contribution in [3.05, 3.63) is 63.8 Å². The van der Waals surface area contributed by atoms with E-state index in [1.54, 1.807) is 6.07 Å². The molecule has 0 aliphatic heterocycles. The van der Waals surface area contributed by atoms with Crippen LogP contribution in [0, 0.1) is 11.8 Å². The first-order valence-corrected chi connectivity index (χ1v) is 11.8. The zero-order valence-electron chi connectivity index (χ0n) is 20.5. The molecule has 2 aromatic rings.